The summed E-state index contributed by atoms with van der Waals surface area (Å²) >= 11 is 1.78. The predicted octanol–water partition coefficient (Wildman–Crippen LogP) is 1.05. The first-order chi connectivity index (χ1) is 9.72. The number of hydrogen-bond donors (Lipinski definition) is 2. The van der Waals surface area contributed by atoms with Crippen molar-refractivity contribution < 1.29 is 0 Å². The van der Waals surface area contributed by atoms with Crippen LogP contribution in [0.3, 0.4) is 0 Å². The van der Waals surface area contributed by atoms with Crippen molar-refractivity contribution >= 4 is 23.7 Å². The predicted molar refractivity (Wildman–Crippen MR) is 80.4 cm³/mol. The number of anilines is 2. The third-order valence-electron chi connectivity index (χ3n) is 2.53. The molecule has 0 bridgehead atoms. The number of aromatic nitrogens is 6. The van der Waals surface area contributed by atoms with Crippen molar-refractivity contribution in [3.8, 4) is 5.95 Å². The number of hydrogen-bond acceptors (Lipinski definition) is 8. The van der Waals surface area contributed by atoms with E-state index >= 15 is 0 Å². The number of rotatable bonds is 7. The lowest BCUT2D eigenvalue weighted by Gasteiger charge is -2.11. The summed E-state index contributed by atoms with van der Waals surface area (Å²) in [5.41, 5.74) is 0. The monoisotopic (exact) mass is 294 g/mol. The lowest BCUT2D eigenvalue weighted by molar-refractivity contribution is 0.793. The Morgan fingerprint density at radius 1 is 1.25 bits per heavy atom. The molecule has 0 aliphatic rings. The van der Waals surface area contributed by atoms with E-state index < -0.39 is 0 Å². The lowest BCUT2D eigenvalue weighted by Crippen LogP contribution is -2.17. The van der Waals surface area contributed by atoms with Crippen LogP contribution in [-0.4, -0.2) is 54.3 Å². The van der Waals surface area contributed by atoms with Gasteiger partial charge < -0.3 is 10.6 Å². The van der Waals surface area contributed by atoms with Crippen LogP contribution >= 0.6 is 11.8 Å². The van der Waals surface area contributed by atoms with Gasteiger partial charge in [-0.1, -0.05) is 6.92 Å². The second-order valence-corrected chi connectivity index (χ2v) is 5.36. The SMILES string of the molecule is CCNc1nc(NCC(C)SC)nc(-n2cncn2)n1. The molecule has 0 fully saturated rings. The maximum Gasteiger partial charge on any atom is 0.258 e. The van der Waals surface area contributed by atoms with Gasteiger partial charge in [0.15, 0.2) is 0 Å². The van der Waals surface area contributed by atoms with Crippen molar-refractivity contribution in [1.82, 2.24) is 29.7 Å². The standard InChI is InChI=1S/C11H18N8S/c1-4-13-9-16-10(14-5-8(2)20-3)18-11(17-9)19-7-12-6-15-19/h6-8H,4-5H2,1-3H3,(H2,13,14,16,17,18). The van der Waals surface area contributed by atoms with Crippen LogP contribution in [0.5, 0.6) is 0 Å². The van der Waals surface area contributed by atoms with E-state index in [4.69, 9.17) is 0 Å². The maximum absolute atomic E-state index is 4.34. The van der Waals surface area contributed by atoms with E-state index in [2.05, 4.69) is 48.8 Å². The zero-order chi connectivity index (χ0) is 14.4. The highest BCUT2D eigenvalue weighted by molar-refractivity contribution is 7.99. The molecule has 0 radical (unpaired) electrons. The molecular formula is C11H18N8S. The fraction of sp³-hybridized carbons (Fsp3) is 0.545. The van der Waals surface area contributed by atoms with Crippen molar-refractivity contribution in [1.29, 1.82) is 0 Å². The minimum Gasteiger partial charge on any atom is -0.354 e. The highest BCUT2D eigenvalue weighted by Crippen LogP contribution is 2.10. The molecule has 9 heteroatoms. The first-order valence-electron chi connectivity index (χ1n) is 6.34. The summed E-state index contributed by atoms with van der Waals surface area (Å²) in [6.07, 6.45) is 5.07. The van der Waals surface area contributed by atoms with Crippen LogP contribution in [0, 0.1) is 0 Å². The van der Waals surface area contributed by atoms with E-state index in [0.29, 0.717) is 23.1 Å². The summed E-state index contributed by atoms with van der Waals surface area (Å²) in [7, 11) is 0. The molecular weight excluding hydrogens is 276 g/mol. The quantitative estimate of drug-likeness (QED) is 0.782. The van der Waals surface area contributed by atoms with Gasteiger partial charge in [-0.2, -0.15) is 36.5 Å². The summed E-state index contributed by atoms with van der Waals surface area (Å²) in [5.74, 6) is 1.49. The normalized spacial score (nSPS) is 12.2. The Morgan fingerprint density at radius 2 is 2.00 bits per heavy atom. The van der Waals surface area contributed by atoms with Crippen LogP contribution in [0.1, 0.15) is 13.8 Å². The van der Waals surface area contributed by atoms with Gasteiger partial charge in [0, 0.05) is 18.3 Å². The van der Waals surface area contributed by atoms with Crippen LogP contribution < -0.4 is 10.6 Å². The Hall–Kier alpha value is -1.90. The van der Waals surface area contributed by atoms with E-state index in [1.54, 1.807) is 18.1 Å². The van der Waals surface area contributed by atoms with Crippen LogP contribution in [0.2, 0.25) is 0 Å². The molecule has 1 unspecified atom stereocenters. The summed E-state index contributed by atoms with van der Waals surface area (Å²) < 4.78 is 1.51. The minimum absolute atomic E-state index is 0.438. The van der Waals surface area contributed by atoms with E-state index in [0.717, 1.165) is 13.1 Å². The van der Waals surface area contributed by atoms with Gasteiger partial charge >= 0.3 is 0 Å². The van der Waals surface area contributed by atoms with E-state index in [1.807, 2.05) is 6.92 Å². The zero-order valence-electron chi connectivity index (χ0n) is 11.7. The van der Waals surface area contributed by atoms with Crippen molar-refractivity contribution in [2.75, 3.05) is 30.0 Å². The van der Waals surface area contributed by atoms with Crippen LogP contribution in [0.25, 0.3) is 5.95 Å². The Labute approximate surface area is 121 Å². The van der Waals surface area contributed by atoms with Gasteiger partial charge in [-0.25, -0.2) is 4.98 Å². The molecule has 1 atom stereocenters. The average Bonchev–Trinajstić information content (AvgIpc) is 2.99. The molecule has 0 saturated heterocycles. The molecule has 0 amide bonds. The van der Waals surface area contributed by atoms with Gasteiger partial charge in [-0.05, 0) is 13.2 Å². The van der Waals surface area contributed by atoms with Crippen molar-refractivity contribution in [3.63, 3.8) is 0 Å². The Bertz CT molecular complexity index is 529. The second kappa shape index (κ2) is 7.04. The molecule has 0 aliphatic heterocycles. The highest BCUT2D eigenvalue weighted by Gasteiger charge is 2.09. The second-order valence-electron chi connectivity index (χ2n) is 4.08. The fourth-order valence-corrected chi connectivity index (χ4v) is 1.66. The molecule has 2 aromatic heterocycles. The summed E-state index contributed by atoms with van der Waals surface area (Å²) in [6.45, 7) is 5.65. The molecule has 2 N–H and O–H groups in total. The third-order valence-corrected chi connectivity index (χ3v) is 3.50. The van der Waals surface area contributed by atoms with E-state index in [1.165, 1.54) is 11.0 Å². The van der Waals surface area contributed by atoms with Gasteiger partial charge in [0.2, 0.25) is 11.9 Å². The van der Waals surface area contributed by atoms with Crippen molar-refractivity contribution in [2.45, 2.75) is 19.1 Å². The lowest BCUT2D eigenvalue weighted by atomic mass is 10.5. The highest BCUT2D eigenvalue weighted by atomic mass is 32.2. The average molecular weight is 294 g/mol. The van der Waals surface area contributed by atoms with E-state index in [-0.39, 0.29) is 0 Å². The Kier molecular flexibility index (Phi) is 5.10. The summed E-state index contributed by atoms with van der Waals surface area (Å²) in [5, 5.41) is 10.8. The van der Waals surface area contributed by atoms with Crippen molar-refractivity contribution in [3.05, 3.63) is 12.7 Å². The van der Waals surface area contributed by atoms with Gasteiger partial charge in [-0.3, -0.25) is 0 Å². The molecule has 0 aromatic carbocycles. The summed E-state index contributed by atoms with van der Waals surface area (Å²) in [6, 6.07) is 0. The molecule has 8 nitrogen and oxygen atoms in total. The third kappa shape index (κ3) is 3.80. The minimum atomic E-state index is 0.438. The molecule has 108 valence electrons. The molecule has 2 aromatic rings. The van der Waals surface area contributed by atoms with Gasteiger partial charge in [0.25, 0.3) is 5.95 Å². The van der Waals surface area contributed by atoms with E-state index in [9.17, 15) is 0 Å². The number of nitrogens with zero attached hydrogens (tertiary/aromatic N) is 6. The molecule has 0 spiro atoms. The number of nitrogens with one attached hydrogen (secondary N) is 2. The first kappa shape index (κ1) is 14.5. The number of thioether (sulfide) groups is 1. The Morgan fingerprint density at radius 3 is 2.60 bits per heavy atom. The molecule has 2 rings (SSSR count). The Balaban J connectivity index is 2.22. The molecule has 2 heterocycles. The fourth-order valence-electron chi connectivity index (χ4n) is 1.41. The molecule has 0 saturated carbocycles. The first-order valence-corrected chi connectivity index (χ1v) is 7.63. The van der Waals surface area contributed by atoms with Crippen LogP contribution in [0.15, 0.2) is 12.7 Å². The zero-order valence-corrected chi connectivity index (χ0v) is 12.6. The smallest absolute Gasteiger partial charge is 0.258 e. The topological polar surface area (TPSA) is 93.4 Å². The van der Waals surface area contributed by atoms with Crippen LogP contribution in [-0.2, 0) is 0 Å². The molecule has 0 aliphatic carbocycles. The molecule has 20 heavy (non-hydrogen) atoms. The maximum atomic E-state index is 4.34. The largest absolute Gasteiger partial charge is 0.354 e. The van der Waals surface area contributed by atoms with Gasteiger partial charge in [-0.15, -0.1) is 0 Å². The summed E-state index contributed by atoms with van der Waals surface area (Å²) in [4.78, 5) is 16.9. The van der Waals surface area contributed by atoms with Gasteiger partial charge in [0.1, 0.15) is 12.7 Å². The van der Waals surface area contributed by atoms with Gasteiger partial charge in [0.05, 0.1) is 0 Å². The van der Waals surface area contributed by atoms with Crippen molar-refractivity contribution in [2.24, 2.45) is 0 Å². The van der Waals surface area contributed by atoms with Crippen LogP contribution in [0.4, 0.5) is 11.9 Å².